The lowest BCUT2D eigenvalue weighted by Crippen LogP contribution is -2.62. The number of hydrogen-bond donors (Lipinski definition) is 1. The van der Waals surface area contributed by atoms with Crippen molar-refractivity contribution in [1.82, 2.24) is 5.32 Å². The summed E-state index contributed by atoms with van der Waals surface area (Å²) in [7, 11) is 0. The SMILES string of the molecule is CCCOc1ccc(N2CC3(CCCC3)NCC2C)cc1. The highest BCUT2D eigenvalue weighted by Gasteiger charge is 2.39. The summed E-state index contributed by atoms with van der Waals surface area (Å²) in [6.07, 6.45) is 6.46. The second kappa shape index (κ2) is 6.27. The van der Waals surface area contributed by atoms with Gasteiger partial charge >= 0.3 is 0 Å². The topological polar surface area (TPSA) is 24.5 Å². The van der Waals surface area contributed by atoms with E-state index in [9.17, 15) is 0 Å². The van der Waals surface area contributed by atoms with Gasteiger partial charge in [-0.3, -0.25) is 0 Å². The first-order valence-corrected chi connectivity index (χ1v) is 8.47. The van der Waals surface area contributed by atoms with E-state index in [1.165, 1.54) is 31.4 Å². The Bertz CT molecular complexity index is 451. The van der Waals surface area contributed by atoms with E-state index in [0.717, 1.165) is 31.9 Å². The van der Waals surface area contributed by atoms with E-state index < -0.39 is 0 Å². The van der Waals surface area contributed by atoms with Crippen LogP contribution in [-0.4, -0.2) is 31.3 Å². The average molecular weight is 288 g/mol. The van der Waals surface area contributed by atoms with Crippen LogP contribution in [0.5, 0.6) is 5.75 Å². The van der Waals surface area contributed by atoms with Crippen LogP contribution in [0.25, 0.3) is 0 Å². The molecule has 1 saturated carbocycles. The van der Waals surface area contributed by atoms with Gasteiger partial charge in [-0.05, 0) is 50.5 Å². The Morgan fingerprint density at radius 3 is 2.62 bits per heavy atom. The summed E-state index contributed by atoms with van der Waals surface area (Å²) in [5.74, 6) is 0.985. The van der Waals surface area contributed by atoms with Crippen molar-refractivity contribution in [2.75, 3.05) is 24.6 Å². The molecular weight excluding hydrogens is 260 g/mol. The molecular formula is C18H28N2O. The van der Waals surface area contributed by atoms with E-state index in [4.69, 9.17) is 4.74 Å². The highest BCUT2D eigenvalue weighted by molar-refractivity contribution is 5.51. The van der Waals surface area contributed by atoms with Crippen molar-refractivity contribution in [2.24, 2.45) is 0 Å². The molecule has 2 fully saturated rings. The van der Waals surface area contributed by atoms with Gasteiger partial charge in [0.05, 0.1) is 6.61 Å². The van der Waals surface area contributed by atoms with Crippen molar-refractivity contribution in [3.05, 3.63) is 24.3 Å². The highest BCUT2D eigenvalue weighted by Crippen LogP contribution is 2.35. The minimum Gasteiger partial charge on any atom is -0.494 e. The standard InChI is InChI=1S/C18H28N2O/c1-3-12-21-17-8-6-16(7-9-17)20-14-18(10-4-5-11-18)19-13-15(20)2/h6-9,15,19H,3-5,10-14H2,1-2H3. The van der Waals surface area contributed by atoms with Crippen molar-refractivity contribution < 1.29 is 4.74 Å². The van der Waals surface area contributed by atoms with Crippen LogP contribution in [0.3, 0.4) is 0 Å². The second-order valence-electron chi connectivity index (χ2n) is 6.69. The van der Waals surface area contributed by atoms with E-state index in [0.29, 0.717) is 11.6 Å². The van der Waals surface area contributed by atoms with Crippen LogP contribution in [-0.2, 0) is 0 Å². The maximum absolute atomic E-state index is 5.69. The Labute approximate surface area is 128 Å². The summed E-state index contributed by atoms with van der Waals surface area (Å²) >= 11 is 0. The molecule has 21 heavy (non-hydrogen) atoms. The molecule has 0 aromatic heterocycles. The molecule has 0 bridgehead atoms. The largest absolute Gasteiger partial charge is 0.494 e. The van der Waals surface area contributed by atoms with Crippen molar-refractivity contribution in [3.8, 4) is 5.75 Å². The number of ether oxygens (including phenoxy) is 1. The van der Waals surface area contributed by atoms with Gasteiger partial charge in [0.25, 0.3) is 0 Å². The first-order valence-electron chi connectivity index (χ1n) is 8.47. The van der Waals surface area contributed by atoms with Gasteiger partial charge in [0.2, 0.25) is 0 Å². The Balaban J connectivity index is 1.71. The monoisotopic (exact) mass is 288 g/mol. The number of anilines is 1. The van der Waals surface area contributed by atoms with Crippen molar-refractivity contribution >= 4 is 5.69 Å². The molecule has 1 aliphatic carbocycles. The first kappa shape index (κ1) is 14.7. The lowest BCUT2D eigenvalue weighted by atomic mass is 9.92. The zero-order valence-electron chi connectivity index (χ0n) is 13.4. The van der Waals surface area contributed by atoms with Gasteiger partial charge in [0.1, 0.15) is 5.75 Å². The van der Waals surface area contributed by atoms with E-state index in [2.05, 4.69) is 48.3 Å². The first-order chi connectivity index (χ1) is 10.2. The summed E-state index contributed by atoms with van der Waals surface area (Å²) in [5, 5.41) is 3.82. The van der Waals surface area contributed by atoms with E-state index in [1.54, 1.807) is 0 Å². The number of nitrogens with one attached hydrogen (secondary N) is 1. The van der Waals surface area contributed by atoms with Crippen molar-refractivity contribution in [1.29, 1.82) is 0 Å². The molecule has 2 aliphatic rings. The molecule has 1 atom stereocenters. The smallest absolute Gasteiger partial charge is 0.119 e. The van der Waals surface area contributed by atoms with Gasteiger partial charge in [-0.25, -0.2) is 0 Å². The molecule has 3 heteroatoms. The summed E-state index contributed by atoms with van der Waals surface area (Å²) in [5.41, 5.74) is 1.70. The molecule has 1 aliphatic heterocycles. The lowest BCUT2D eigenvalue weighted by molar-refractivity contribution is 0.276. The van der Waals surface area contributed by atoms with Gasteiger partial charge < -0.3 is 15.0 Å². The molecule has 1 heterocycles. The van der Waals surface area contributed by atoms with Crippen LogP contribution in [0, 0.1) is 0 Å². The van der Waals surface area contributed by atoms with E-state index in [1.807, 2.05) is 0 Å². The predicted octanol–water partition coefficient (Wildman–Crippen LogP) is 3.59. The van der Waals surface area contributed by atoms with Crippen LogP contribution >= 0.6 is 0 Å². The molecule has 1 N–H and O–H groups in total. The number of piperazine rings is 1. The van der Waals surface area contributed by atoms with Crippen LogP contribution < -0.4 is 15.0 Å². The normalized spacial score (nSPS) is 24.5. The maximum atomic E-state index is 5.69. The Hall–Kier alpha value is -1.22. The zero-order chi connectivity index (χ0) is 14.7. The molecule has 1 unspecified atom stereocenters. The van der Waals surface area contributed by atoms with E-state index >= 15 is 0 Å². The number of benzene rings is 1. The number of hydrogen-bond acceptors (Lipinski definition) is 3. The molecule has 0 amide bonds. The van der Waals surface area contributed by atoms with Gasteiger partial charge in [-0.2, -0.15) is 0 Å². The molecule has 0 radical (unpaired) electrons. The molecule has 1 spiro atoms. The third-order valence-corrected chi connectivity index (χ3v) is 4.98. The Kier molecular flexibility index (Phi) is 4.39. The maximum Gasteiger partial charge on any atom is 0.119 e. The number of nitrogens with zero attached hydrogens (tertiary/aromatic N) is 1. The van der Waals surface area contributed by atoms with Crippen LogP contribution in [0.1, 0.15) is 46.0 Å². The van der Waals surface area contributed by atoms with E-state index in [-0.39, 0.29) is 0 Å². The zero-order valence-corrected chi connectivity index (χ0v) is 13.4. The summed E-state index contributed by atoms with van der Waals surface area (Å²) in [6, 6.07) is 9.21. The third-order valence-electron chi connectivity index (χ3n) is 4.98. The summed E-state index contributed by atoms with van der Waals surface area (Å²) in [4.78, 5) is 2.57. The minimum atomic E-state index is 0.365. The van der Waals surface area contributed by atoms with Gasteiger partial charge in [0.15, 0.2) is 0 Å². The lowest BCUT2D eigenvalue weighted by Gasteiger charge is -2.46. The summed E-state index contributed by atoms with van der Waals surface area (Å²) in [6.45, 7) is 7.48. The quantitative estimate of drug-likeness (QED) is 0.916. The van der Waals surface area contributed by atoms with Gasteiger partial charge in [-0.15, -0.1) is 0 Å². The molecule has 1 saturated heterocycles. The number of rotatable bonds is 4. The van der Waals surface area contributed by atoms with Gasteiger partial charge in [0, 0.05) is 30.4 Å². The molecule has 116 valence electrons. The molecule has 3 rings (SSSR count). The van der Waals surface area contributed by atoms with Crippen molar-refractivity contribution in [2.45, 2.75) is 57.5 Å². The van der Waals surface area contributed by atoms with Crippen LogP contribution in [0.15, 0.2) is 24.3 Å². The third kappa shape index (κ3) is 3.18. The predicted molar refractivity (Wildman–Crippen MR) is 88.2 cm³/mol. The highest BCUT2D eigenvalue weighted by atomic mass is 16.5. The fourth-order valence-corrected chi connectivity index (χ4v) is 3.70. The van der Waals surface area contributed by atoms with Crippen molar-refractivity contribution in [3.63, 3.8) is 0 Å². The Morgan fingerprint density at radius 2 is 1.95 bits per heavy atom. The van der Waals surface area contributed by atoms with Crippen LogP contribution in [0.4, 0.5) is 5.69 Å². The van der Waals surface area contributed by atoms with Crippen LogP contribution in [0.2, 0.25) is 0 Å². The Morgan fingerprint density at radius 1 is 1.24 bits per heavy atom. The molecule has 1 aromatic carbocycles. The molecule has 3 nitrogen and oxygen atoms in total. The second-order valence-corrected chi connectivity index (χ2v) is 6.69. The van der Waals surface area contributed by atoms with Gasteiger partial charge in [-0.1, -0.05) is 19.8 Å². The molecule has 1 aromatic rings. The summed E-state index contributed by atoms with van der Waals surface area (Å²) < 4.78 is 5.69. The fourth-order valence-electron chi connectivity index (χ4n) is 3.70. The average Bonchev–Trinajstić information content (AvgIpc) is 2.97. The minimum absolute atomic E-state index is 0.365. The fraction of sp³-hybridized carbons (Fsp3) is 0.667.